The number of halogens is 2. The Morgan fingerprint density at radius 2 is 1.87 bits per heavy atom. The number of rotatable bonds is 5. The fraction of sp³-hybridized carbons (Fsp3) is 0.348. The molecule has 1 aliphatic carbocycles. The number of nitrogens with zero attached hydrogens (tertiary/aromatic N) is 3. The zero-order valence-corrected chi connectivity index (χ0v) is 16.9. The Labute approximate surface area is 177 Å². The Morgan fingerprint density at radius 1 is 1.06 bits per heavy atom. The number of nitrogens with one attached hydrogen (secondary N) is 1. The number of H-pyrrole nitrogens is 1. The average Bonchev–Trinajstić information content (AvgIpc) is 3.41. The molecular weight excluding hydrogens is 402 g/mol. The van der Waals surface area contributed by atoms with Crippen LogP contribution in [0.2, 0.25) is 0 Å². The van der Waals surface area contributed by atoms with Gasteiger partial charge in [0.1, 0.15) is 11.6 Å². The molecule has 8 heteroatoms. The van der Waals surface area contributed by atoms with E-state index < -0.39 is 17.3 Å². The molecule has 160 valence electrons. The number of carbonyl (C=O) groups is 1. The van der Waals surface area contributed by atoms with Gasteiger partial charge in [-0.05, 0) is 48.9 Å². The largest absolute Gasteiger partial charge is 0.343 e. The Bertz CT molecular complexity index is 1200. The lowest BCUT2D eigenvalue weighted by Gasteiger charge is -2.16. The van der Waals surface area contributed by atoms with Crippen LogP contribution < -0.4 is 5.69 Å². The van der Waals surface area contributed by atoms with E-state index >= 15 is 0 Å². The molecule has 1 saturated heterocycles. The van der Waals surface area contributed by atoms with Crippen molar-refractivity contribution >= 4 is 5.91 Å². The molecule has 2 heterocycles. The van der Waals surface area contributed by atoms with Crippen molar-refractivity contribution in [2.45, 2.75) is 25.8 Å². The average molecular weight is 424 g/mol. The summed E-state index contributed by atoms with van der Waals surface area (Å²) < 4.78 is 30.5. The van der Waals surface area contributed by atoms with Gasteiger partial charge in [-0.25, -0.2) is 18.7 Å². The number of amides is 1. The van der Waals surface area contributed by atoms with E-state index in [9.17, 15) is 18.4 Å². The normalized spacial score (nSPS) is 18.5. The van der Waals surface area contributed by atoms with Crippen molar-refractivity contribution in [3.63, 3.8) is 0 Å². The first-order valence-electron chi connectivity index (χ1n) is 10.5. The van der Waals surface area contributed by atoms with Crippen molar-refractivity contribution in [1.29, 1.82) is 0 Å². The van der Waals surface area contributed by atoms with Gasteiger partial charge in [-0.15, -0.1) is 0 Å². The number of aromatic nitrogens is 3. The Hall–Kier alpha value is -3.29. The number of benzene rings is 2. The van der Waals surface area contributed by atoms with Crippen LogP contribution in [0.15, 0.2) is 47.3 Å². The Balaban J connectivity index is 1.39. The van der Waals surface area contributed by atoms with Gasteiger partial charge < -0.3 is 4.90 Å². The van der Waals surface area contributed by atoms with Crippen LogP contribution in [0.4, 0.5) is 8.78 Å². The van der Waals surface area contributed by atoms with Crippen molar-refractivity contribution < 1.29 is 13.6 Å². The predicted molar refractivity (Wildman–Crippen MR) is 111 cm³/mol. The van der Waals surface area contributed by atoms with Crippen LogP contribution in [-0.2, 0) is 11.3 Å². The second-order valence-electron chi connectivity index (χ2n) is 8.35. The van der Waals surface area contributed by atoms with Crippen molar-refractivity contribution in [3.05, 3.63) is 64.6 Å². The molecule has 1 aromatic heterocycles. The molecule has 2 fully saturated rings. The molecule has 6 nitrogen and oxygen atoms in total. The maximum Gasteiger partial charge on any atom is 0.343 e. The molecule has 3 aromatic rings. The van der Waals surface area contributed by atoms with E-state index in [1.165, 1.54) is 22.8 Å². The molecule has 1 atom stereocenters. The van der Waals surface area contributed by atoms with Gasteiger partial charge in [0.2, 0.25) is 5.91 Å². The topological polar surface area (TPSA) is 71.0 Å². The fourth-order valence-corrected chi connectivity index (χ4v) is 4.28. The van der Waals surface area contributed by atoms with Gasteiger partial charge in [0, 0.05) is 31.1 Å². The SMILES string of the molecule is O=C(C1CC1)N1CCC(Cn2c(-c3ccc(-c4ccccc4F)cc3F)n[nH]c2=O)C1. The highest BCUT2D eigenvalue weighted by atomic mass is 19.1. The van der Waals surface area contributed by atoms with Crippen LogP contribution in [0.25, 0.3) is 22.5 Å². The summed E-state index contributed by atoms with van der Waals surface area (Å²) in [7, 11) is 0. The third kappa shape index (κ3) is 3.78. The van der Waals surface area contributed by atoms with Gasteiger partial charge >= 0.3 is 5.69 Å². The summed E-state index contributed by atoms with van der Waals surface area (Å²) in [5.41, 5.74) is 0.467. The van der Waals surface area contributed by atoms with Crippen LogP contribution in [0.5, 0.6) is 0 Å². The molecule has 1 aliphatic heterocycles. The molecule has 0 radical (unpaired) electrons. The molecule has 0 spiro atoms. The second-order valence-corrected chi connectivity index (χ2v) is 8.35. The smallest absolute Gasteiger partial charge is 0.342 e. The number of hydrogen-bond donors (Lipinski definition) is 1. The molecule has 1 N–H and O–H groups in total. The molecular formula is C23H22F2N4O2. The summed E-state index contributed by atoms with van der Waals surface area (Å²) in [6.07, 6.45) is 2.73. The first-order chi connectivity index (χ1) is 15.0. The summed E-state index contributed by atoms with van der Waals surface area (Å²) in [4.78, 5) is 26.5. The Morgan fingerprint density at radius 3 is 2.61 bits per heavy atom. The number of likely N-dealkylation sites (tertiary alicyclic amines) is 1. The minimum Gasteiger partial charge on any atom is -0.342 e. The summed E-state index contributed by atoms with van der Waals surface area (Å²) in [6.45, 7) is 1.64. The number of aromatic amines is 1. The zero-order valence-electron chi connectivity index (χ0n) is 16.9. The second kappa shape index (κ2) is 7.76. The van der Waals surface area contributed by atoms with E-state index in [0.29, 0.717) is 30.8 Å². The fourth-order valence-electron chi connectivity index (χ4n) is 4.28. The van der Waals surface area contributed by atoms with Crippen LogP contribution in [-0.4, -0.2) is 38.7 Å². The highest BCUT2D eigenvalue weighted by Crippen LogP contribution is 2.33. The maximum absolute atomic E-state index is 15.0. The quantitative estimate of drug-likeness (QED) is 0.682. The van der Waals surface area contributed by atoms with Crippen LogP contribution in [0, 0.1) is 23.5 Å². The molecule has 1 amide bonds. The molecule has 2 aromatic carbocycles. The van der Waals surface area contributed by atoms with Gasteiger partial charge in [0.15, 0.2) is 5.82 Å². The van der Waals surface area contributed by atoms with Gasteiger partial charge in [-0.1, -0.05) is 24.3 Å². The van der Waals surface area contributed by atoms with Crippen molar-refractivity contribution in [3.8, 4) is 22.5 Å². The summed E-state index contributed by atoms with van der Waals surface area (Å²) in [6, 6.07) is 10.6. The summed E-state index contributed by atoms with van der Waals surface area (Å²) >= 11 is 0. The lowest BCUT2D eigenvalue weighted by atomic mass is 10.0. The molecule has 1 saturated carbocycles. The lowest BCUT2D eigenvalue weighted by molar-refractivity contribution is -0.131. The monoisotopic (exact) mass is 424 g/mol. The molecule has 31 heavy (non-hydrogen) atoms. The highest BCUT2D eigenvalue weighted by Gasteiger charge is 2.37. The third-order valence-electron chi connectivity index (χ3n) is 6.12. The van der Waals surface area contributed by atoms with E-state index in [1.54, 1.807) is 24.3 Å². The third-order valence-corrected chi connectivity index (χ3v) is 6.12. The molecule has 0 bridgehead atoms. The minimum atomic E-state index is -0.585. The Kier molecular flexibility index (Phi) is 4.92. The predicted octanol–water partition coefficient (Wildman–Crippen LogP) is 3.44. The van der Waals surface area contributed by atoms with E-state index in [4.69, 9.17) is 0 Å². The molecule has 2 aliphatic rings. The van der Waals surface area contributed by atoms with Gasteiger partial charge in [0.25, 0.3) is 0 Å². The van der Waals surface area contributed by atoms with Crippen molar-refractivity contribution in [2.24, 2.45) is 11.8 Å². The number of carbonyl (C=O) groups excluding carboxylic acids is 1. The van der Waals surface area contributed by atoms with Crippen molar-refractivity contribution in [1.82, 2.24) is 19.7 Å². The highest BCUT2D eigenvalue weighted by molar-refractivity contribution is 5.81. The first-order valence-corrected chi connectivity index (χ1v) is 10.5. The summed E-state index contributed by atoms with van der Waals surface area (Å²) in [5.74, 6) is -0.326. The molecule has 1 unspecified atom stereocenters. The molecule has 5 rings (SSSR count). The minimum absolute atomic E-state index is 0.109. The first kappa shape index (κ1) is 19.7. The van der Waals surface area contributed by atoms with E-state index in [0.717, 1.165) is 19.3 Å². The summed E-state index contributed by atoms with van der Waals surface area (Å²) in [5, 5.41) is 6.44. The van der Waals surface area contributed by atoms with Gasteiger partial charge in [-0.2, -0.15) is 5.10 Å². The van der Waals surface area contributed by atoms with Gasteiger partial charge in [0.05, 0.1) is 5.56 Å². The van der Waals surface area contributed by atoms with Crippen LogP contribution >= 0.6 is 0 Å². The van der Waals surface area contributed by atoms with E-state index in [1.807, 2.05) is 4.90 Å². The maximum atomic E-state index is 15.0. The van der Waals surface area contributed by atoms with E-state index in [-0.39, 0.29) is 29.1 Å². The lowest BCUT2D eigenvalue weighted by Crippen LogP contribution is -2.31. The van der Waals surface area contributed by atoms with E-state index in [2.05, 4.69) is 10.2 Å². The van der Waals surface area contributed by atoms with Crippen molar-refractivity contribution in [2.75, 3.05) is 13.1 Å². The number of hydrogen-bond acceptors (Lipinski definition) is 3. The van der Waals surface area contributed by atoms with Crippen LogP contribution in [0.3, 0.4) is 0 Å². The standard InChI is InChI=1S/C23H22F2N4O2/c24-19-4-2-1-3-17(19)16-7-8-18(20(25)11-16)21-26-27-23(31)29(21)13-14-9-10-28(12-14)22(30)15-5-6-15/h1-4,7-8,11,14-15H,5-6,9-10,12-13H2,(H,27,31). The zero-order chi connectivity index (χ0) is 21.5. The van der Waals surface area contributed by atoms with Crippen LogP contribution in [0.1, 0.15) is 19.3 Å². The van der Waals surface area contributed by atoms with Gasteiger partial charge in [-0.3, -0.25) is 9.36 Å².